The molecule has 0 bridgehead atoms. The summed E-state index contributed by atoms with van der Waals surface area (Å²) in [5.41, 5.74) is 0. The first-order chi connectivity index (χ1) is 6.11. The van der Waals surface area contributed by atoms with E-state index in [2.05, 4.69) is 10.6 Å². The molecule has 13 heavy (non-hydrogen) atoms. The van der Waals surface area contributed by atoms with Gasteiger partial charge in [0.25, 0.3) is 0 Å². The normalized spacial score (nSPS) is 11.9. The van der Waals surface area contributed by atoms with Gasteiger partial charge >= 0.3 is 6.03 Å². The predicted octanol–water partition coefficient (Wildman–Crippen LogP) is 0.299. The summed E-state index contributed by atoms with van der Waals surface area (Å²) >= 11 is 5.31. The Bertz CT molecular complexity index is 177. The van der Waals surface area contributed by atoms with Crippen LogP contribution in [0.25, 0.3) is 0 Å². The molecule has 0 saturated heterocycles. The zero-order chi connectivity index (χ0) is 10.3. The van der Waals surface area contributed by atoms with Crippen molar-refractivity contribution in [2.45, 2.75) is 13.0 Å². The van der Waals surface area contributed by atoms with E-state index in [1.807, 2.05) is 0 Å². The quantitative estimate of drug-likeness (QED) is 0.388. The van der Waals surface area contributed by atoms with Crippen LogP contribution in [0.1, 0.15) is 6.92 Å². The number of hydrogen-bond donors (Lipinski definition) is 2. The van der Waals surface area contributed by atoms with E-state index in [4.69, 9.17) is 16.7 Å². The van der Waals surface area contributed by atoms with Crippen LogP contribution in [0.5, 0.6) is 0 Å². The second-order valence-electron chi connectivity index (χ2n) is 2.43. The van der Waals surface area contributed by atoms with Gasteiger partial charge in [0, 0.05) is 12.4 Å². The summed E-state index contributed by atoms with van der Waals surface area (Å²) in [6.45, 7) is 1.58. The number of aliphatic hydroxyl groups is 1. The first-order valence-electron chi connectivity index (χ1n) is 3.74. The number of nitroso groups, excluding NO2 is 1. The molecule has 0 aromatic rings. The molecular formula is C6H12ClN3O3. The molecular weight excluding hydrogens is 198 g/mol. The van der Waals surface area contributed by atoms with Gasteiger partial charge in [-0.05, 0) is 6.92 Å². The fourth-order valence-electron chi connectivity index (χ4n) is 0.649. The van der Waals surface area contributed by atoms with Crippen LogP contribution in [0.2, 0.25) is 0 Å². The highest BCUT2D eigenvalue weighted by Crippen LogP contribution is 1.93. The number of carbonyl (C=O) groups excluding carboxylic acids is 1. The number of halogens is 1. The van der Waals surface area contributed by atoms with Crippen LogP contribution >= 0.6 is 11.6 Å². The lowest BCUT2D eigenvalue weighted by molar-refractivity contribution is 0.134. The average Bonchev–Trinajstić information content (AvgIpc) is 2.09. The molecule has 76 valence electrons. The number of hydrogen-bond acceptors (Lipinski definition) is 4. The molecule has 0 aromatic heterocycles. The number of aliphatic hydroxyl groups excluding tert-OH is 1. The van der Waals surface area contributed by atoms with Crippen molar-refractivity contribution < 1.29 is 9.90 Å². The first-order valence-corrected chi connectivity index (χ1v) is 4.28. The summed E-state index contributed by atoms with van der Waals surface area (Å²) in [6, 6.07) is -0.656. The maximum absolute atomic E-state index is 11.0. The maximum Gasteiger partial charge on any atom is 0.340 e. The van der Waals surface area contributed by atoms with Crippen LogP contribution < -0.4 is 5.32 Å². The Labute approximate surface area is 80.8 Å². The fraction of sp³-hybridized carbons (Fsp3) is 0.833. The third-order valence-electron chi connectivity index (χ3n) is 1.14. The molecule has 2 N–H and O–H groups in total. The Morgan fingerprint density at radius 1 is 1.77 bits per heavy atom. The minimum absolute atomic E-state index is 0.127. The summed E-state index contributed by atoms with van der Waals surface area (Å²) < 4.78 is 0. The van der Waals surface area contributed by atoms with Crippen LogP contribution in [-0.4, -0.2) is 41.2 Å². The molecule has 0 aliphatic rings. The second-order valence-corrected chi connectivity index (χ2v) is 2.81. The molecule has 0 aliphatic heterocycles. The van der Waals surface area contributed by atoms with Gasteiger partial charge in [-0.1, -0.05) is 0 Å². The van der Waals surface area contributed by atoms with Crippen molar-refractivity contribution >= 4 is 17.6 Å². The van der Waals surface area contributed by atoms with E-state index in [1.165, 1.54) is 6.92 Å². The van der Waals surface area contributed by atoms with Gasteiger partial charge in [-0.3, -0.25) is 0 Å². The molecule has 1 unspecified atom stereocenters. The lowest BCUT2D eigenvalue weighted by atomic mass is 10.4. The van der Waals surface area contributed by atoms with Crippen molar-refractivity contribution in [3.8, 4) is 0 Å². The van der Waals surface area contributed by atoms with Gasteiger partial charge in [0.05, 0.1) is 17.9 Å². The number of alkyl halides is 1. The third-order valence-corrected chi connectivity index (χ3v) is 1.33. The highest BCUT2D eigenvalue weighted by atomic mass is 35.5. The molecule has 0 rings (SSSR count). The van der Waals surface area contributed by atoms with E-state index in [0.29, 0.717) is 5.01 Å². The zero-order valence-corrected chi connectivity index (χ0v) is 7.99. The van der Waals surface area contributed by atoms with E-state index in [-0.39, 0.29) is 19.0 Å². The van der Waals surface area contributed by atoms with Gasteiger partial charge in [0.2, 0.25) is 0 Å². The molecule has 0 spiro atoms. The summed E-state index contributed by atoms with van der Waals surface area (Å²) in [5, 5.41) is 14.3. The van der Waals surface area contributed by atoms with E-state index in [9.17, 15) is 9.70 Å². The van der Waals surface area contributed by atoms with Gasteiger partial charge in [-0.2, -0.15) is 5.01 Å². The van der Waals surface area contributed by atoms with Gasteiger partial charge in [-0.25, -0.2) is 4.79 Å². The fourth-order valence-corrected chi connectivity index (χ4v) is 0.744. The molecule has 7 heteroatoms. The highest BCUT2D eigenvalue weighted by molar-refractivity contribution is 6.18. The molecule has 0 aromatic carbocycles. The van der Waals surface area contributed by atoms with Crippen LogP contribution in [0, 0.1) is 4.91 Å². The van der Waals surface area contributed by atoms with Crippen molar-refractivity contribution in [2.75, 3.05) is 19.0 Å². The molecule has 1 atom stereocenters. The van der Waals surface area contributed by atoms with Crippen LogP contribution in [0.4, 0.5) is 4.79 Å². The summed E-state index contributed by atoms with van der Waals surface area (Å²) in [5.74, 6) is 0.257. The SMILES string of the molecule is CC(O)CN(N=O)C(=O)NCCCl. The zero-order valence-electron chi connectivity index (χ0n) is 7.23. The highest BCUT2D eigenvalue weighted by Gasteiger charge is 2.14. The minimum atomic E-state index is -0.792. The molecule has 0 aliphatic carbocycles. The van der Waals surface area contributed by atoms with Crippen molar-refractivity contribution in [1.29, 1.82) is 0 Å². The van der Waals surface area contributed by atoms with E-state index < -0.39 is 12.1 Å². The van der Waals surface area contributed by atoms with Crippen LogP contribution in [0.15, 0.2) is 5.29 Å². The van der Waals surface area contributed by atoms with Crippen LogP contribution in [-0.2, 0) is 0 Å². The van der Waals surface area contributed by atoms with Gasteiger partial charge < -0.3 is 10.4 Å². The van der Waals surface area contributed by atoms with Crippen molar-refractivity contribution in [2.24, 2.45) is 5.29 Å². The lowest BCUT2D eigenvalue weighted by Gasteiger charge is -2.14. The Balaban J connectivity index is 3.92. The second kappa shape index (κ2) is 6.62. The first kappa shape index (κ1) is 12.1. The number of nitrogens with zero attached hydrogens (tertiary/aromatic N) is 2. The summed E-state index contributed by atoms with van der Waals surface area (Å²) in [6.07, 6.45) is -0.792. The summed E-state index contributed by atoms with van der Waals surface area (Å²) in [7, 11) is 0. The molecule has 0 fully saturated rings. The Morgan fingerprint density at radius 2 is 2.38 bits per heavy atom. The number of carbonyl (C=O) groups is 1. The smallest absolute Gasteiger partial charge is 0.340 e. The van der Waals surface area contributed by atoms with E-state index in [0.717, 1.165) is 0 Å². The monoisotopic (exact) mass is 209 g/mol. The topological polar surface area (TPSA) is 82.0 Å². The summed E-state index contributed by atoms with van der Waals surface area (Å²) in [4.78, 5) is 21.1. The van der Waals surface area contributed by atoms with Gasteiger partial charge in [-0.15, -0.1) is 16.5 Å². The molecule has 2 amide bonds. The number of nitrogens with one attached hydrogen (secondary N) is 1. The standard InChI is InChI=1S/C6H12ClN3O3/c1-5(11)4-10(9-13)6(12)8-3-2-7/h5,11H,2-4H2,1H3,(H,8,12). The minimum Gasteiger partial charge on any atom is -0.391 e. The lowest BCUT2D eigenvalue weighted by Crippen LogP contribution is -2.40. The van der Waals surface area contributed by atoms with E-state index >= 15 is 0 Å². The Hall–Kier alpha value is -0.880. The number of amides is 2. The molecule has 0 saturated carbocycles. The molecule has 6 nitrogen and oxygen atoms in total. The van der Waals surface area contributed by atoms with Crippen molar-refractivity contribution in [3.63, 3.8) is 0 Å². The Morgan fingerprint density at radius 3 is 2.77 bits per heavy atom. The number of rotatable bonds is 5. The van der Waals surface area contributed by atoms with Crippen molar-refractivity contribution in [1.82, 2.24) is 10.3 Å². The van der Waals surface area contributed by atoms with Gasteiger partial charge in [0.1, 0.15) is 0 Å². The molecule has 0 heterocycles. The maximum atomic E-state index is 11.0. The molecule has 0 radical (unpaired) electrons. The van der Waals surface area contributed by atoms with Gasteiger partial charge in [0.15, 0.2) is 0 Å². The largest absolute Gasteiger partial charge is 0.391 e. The third kappa shape index (κ3) is 5.37. The number of urea groups is 1. The van der Waals surface area contributed by atoms with Crippen LogP contribution in [0.3, 0.4) is 0 Å². The van der Waals surface area contributed by atoms with Crippen molar-refractivity contribution in [3.05, 3.63) is 4.91 Å². The Kier molecular flexibility index (Phi) is 6.17. The van der Waals surface area contributed by atoms with E-state index in [1.54, 1.807) is 0 Å². The predicted molar refractivity (Wildman–Crippen MR) is 48.3 cm³/mol. The average molecular weight is 210 g/mol.